The van der Waals surface area contributed by atoms with Crippen LogP contribution in [0.3, 0.4) is 0 Å². The molecule has 0 aliphatic carbocycles. The number of aryl methyl sites for hydroxylation is 3. The van der Waals surface area contributed by atoms with E-state index in [2.05, 4.69) is 77.0 Å². The van der Waals surface area contributed by atoms with Crippen LogP contribution in [-0.4, -0.2) is 19.9 Å². The van der Waals surface area contributed by atoms with Gasteiger partial charge in [-0.25, -0.2) is 9.97 Å². The topological polar surface area (TPSA) is 77.8 Å². The number of hydrogen-bond acceptors (Lipinski definition) is 6. The van der Waals surface area contributed by atoms with E-state index < -0.39 is 0 Å². The number of benzene rings is 2. The minimum atomic E-state index is 0.684. The second kappa shape index (κ2) is 14.3. The van der Waals surface area contributed by atoms with Crippen molar-refractivity contribution in [3.63, 3.8) is 0 Å². The zero-order valence-electron chi connectivity index (χ0n) is 24.1. The number of furan rings is 2. The van der Waals surface area contributed by atoms with E-state index >= 15 is 0 Å². The maximum Gasteiger partial charge on any atom is -0.0813 e. The number of para-hydroxylation sites is 2. The average Bonchev–Trinajstić information content (AvgIpc) is 3.62. The second-order valence-corrected chi connectivity index (χ2v) is 9.62. The van der Waals surface area contributed by atoms with Crippen molar-refractivity contribution in [3.05, 3.63) is 133 Å². The molecule has 0 saturated carbocycles. The molecule has 0 radical (unpaired) electrons. The van der Waals surface area contributed by atoms with Gasteiger partial charge in [-0.3, -0.25) is 4.98 Å². The number of hydrogen-bond donors (Lipinski definition) is 0. The van der Waals surface area contributed by atoms with Gasteiger partial charge in [-0.2, -0.15) is 18.2 Å². The molecule has 6 heterocycles. The number of aromatic nitrogens is 4. The number of fused-ring (bicyclic) bond motifs is 6. The molecule has 8 rings (SSSR count). The number of nitrogens with zero attached hydrogens (tertiary/aromatic N) is 4. The van der Waals surface area contributed by atoms with E-state index in [4.69, 9.17) is 8.83 Å². The van der Waals surface area contributed by atoms with Crippen LogP contribution in [0.1, 0.15) is 17.0 Å². The quantitative estimate of drug-likeness (QED) is 0.127. The Morgan fingerprint density at radius 3 is 1.79 bits per heavy atom. The third-order valence-electron chi connectivity index (χ3n) is 6.66. The molecular formula is C35H27BrN4O2Zn. The first-order valence-electron chi connectivity index (χ1n) is 13.6. The van der Waals surface area contributed by atoms with Crippen molar-refractivity contribution < 1.29 is 25.2 Å². The normalized spacial score (nSPS) is 10.5. The van der Waals surface area contributed by atoms with Crippen LogP contribution in [0.4, 0.5) is 0 Å². The third kappa shape index (κ3) is 6.88. The van der Waals surface area contributed by atoms with E-state index in [9.17, 15) is 0 Å². The van der Waals surface area contributed by atoms with Crippen molar-refractivity contribution in [3.8, 4) is 11.3 Å². The molecule has 0 unspecified atom stereocenters. The molecule has 6 nitrogen and oxygen atoms in total. The molecule has 6 aromatic heterocycles. The molecule has 0 spiro atoms. The number of halogens is 1. The van der Waals surface area contributed by atoms with Crippen molar-refractivity contribution in [1.82, 2.24) is 19.9 Å². The van der Waals surface area contributed by atoms with Crippen LogP contribution in [0.25, 0.3) is 55.4 Å². The van der Waals surface area contributed by atoms with E-state index in [1.54, 1.807) is 18.5 Å². The summed E-state index contributed by atoms with van der Waals surface area (Å²) < 4.78 is 11.7. The van der Waals surface area contributed by atoms with Crippen LogP contribution in [0.5, 0.6) is 0 Å². The molecule has 0 bridgehead atoms. The van der Waals surface area contributed by atoms with Gasteiger partial charge in [-0.15, -0.1) is 0 Å². The van der Waals surface area contributed by atoms with Gasteiger partial charge in [0.1, 0.15) is 11.2 Å². The maximum atomic E-state index is 5.97. The number of pyridine rings is 4. The Morgan fingerprint density at radius 1 is 0.605 bits per heavy atom. The zero-order chi connectivity index (χ0) is 30.2. The second-order valence-electron chi connectivity index (χ2n) is 9.62. The Labute approximate surface area is 266 Å². The van der Waals surface area contributed by atoms with Gasteiger partial charge in [0.15, 0.2) is 0 Å². The van der Waals surface area contributed by atoms with Crippen molar-refractivity contribution in [2.45, 2.75) is 20.8 Å². The first-order chi connectivity index (χ1) is 21.1. The molecule has 0 fully saturated rings. The summed E-state index contributed by atoms with van der Waals surface area (Å²) in [6, 6.07) is 31.8. The van der Waals surface area contributed by atoms with E-state index in [-0.39, 0.29) is 0 Å². The Hall–Kier alpha value is -4.26. The molecular weight excluding hydrogens is 654 g/mol. The van der Waals surface area contributed by atoms with Crippen molar-refractivity contribution in [2.24, 2.45) is 0 Å². The summed E-state index contributed by atoms with van der Waals surface area (Å²) in [6.45, 7) is 5.99. The summed E-state index contributed by atoms with van der Waals surface area (Å²) >= 11 is 4.25. The maximum absolute atomic E-state index is 5.97. The summed E-state index contributed by atoms with van der Waals surface area (Å²) in [4.78, 5) is 16.9. The Balaban J connectivity index is 0.000000141. The Kier molecular flexibility index (Phi) is 10.0. The van der Waals surface area contributed by atoms with E-state index in [0.29, 0.717) is 5.71 Å². The van der Waals surface area contributed by atoms with Crippen LogP contribution < -0.4 is 0 Å². The van der Waals surface area contributed by atoms with Crippen LogP contribution in [-0.2, 0) is 16.3 Å². The van der Waals surface area contributed by atoms with Crippen LogP contribution >= 0.6 is 13.6 Å². The summed E-state index contributed by atoms with van der Waals surface area (Å²) in [5.41, 5.74) is 8.22. The minimum absolute atomic E-state index is 0.684. The van der Waals surface area contributed by atoms with E-state index in [1.807, 2.05) is 74.5 Å². The predicted molar refractivity (Wildman–Crippen MR) is 172 cm³/mol. The van der Waals surface area contributed by atoms with E-state index in [1.165, 1.54) is 16.3 Å². The van der Waals surface area contributed by atoms with Crippen molar-refractivity contribution in [2.75, 3.05) is 0 Å². The van der Waals surface area contributed by atoms with Gasteiger partial charge in [0.05, 0.1) is 5.69 Å². The largest absolute Gasteiger partial charge is 0.394 e. The average molecular weight is 681 g/mol. The van der Waals surface area contributed by atoms with Gasteiger partial charge in [-0.1, -0.05) is 48.8 Å². The molecule has 208 valence electrons. The SMILES string of the molecule is Cc1ccc2c(n1)oc1c(-c3ccccn3)cccc12.Cc1ccc2c(n1)oc1c(C)cccc12.[Zn+][Br].[c-]1ccccn1. The van der Waals surface area contributed by atoms with Crippen molar-refractivity contribution >= 4 is 57.8 Å². The van der Waals surface area contributed by atoms with Crippen molar-refractivity contribution in [1.29, 1.82) is 0 Å². The Bertz CT molecular complexity index is 2070. The fourth-order valence-electron chi connectivity index (χ4n) is 4.68. The van der Waals surface area contributed by atoms with Gasteiger partial charge in [-0.05, 0) is 68.8 Å². The molecule has 0 atom stereocenters. The smallest absolute Gasteiger partial charge is 0.0813 e. The monoisotopic (exact) mass is 678 g/mol. The molecule has 0 amide bonds. The molecule has 0 aliphatic rings. The molecule has 43 heavy (non-hydrogen) atoms. The molecule has 0 saturated heterocycles. The molecule has 8 heteroatoms. The van der Waals surface area contributed by atoms with Gasteiger partial charge in [0.25, 0.3) is 0 Å². The van der Waals surface area contributed by atoms with Gasteiger partial charge >= 0.3 is 30.0 Å². The molecule has 2 aromatic carbocycles. The summed E-state index contributed by atoms with van der Waals surface area (Å²) in [5.74, 6) is 0. The van der Waals surface area contributed by atoms with Crippen LogP contribution in [0.2, 0.25) is 0 Å². The standard InChI is InChI=1S/C17H12N2O.C13H11NO.C5H4N.BrH.Zn/c1-11-8-9-13-12-5-4-6-14(15-7-2-3-10-18-15)16(12)20-17(13)19-11;1-8-4-3-5-10-11-7-6-9(2)14-13(11)15-12(8)10;1-2-4-6-5-3-1;;/h2-10H,1H3;3-7H,1-2H3;1-4H;1H;/q;;-1;;+2/p-1. The van der Waals surface area contributed by atoms with Gasteiger partial charge in [0.2, 0.25) is 11.4 Å². The van der Waals surface area contributed by atoms with Crippen LogP contribution in [0.15, 0.2) is 118 Å². The molecule has 0 N–H and O–H groups in total. The van der Waals surface area contributed by atoms with Gasteiger partial charge in [0, 0.05) is 44.7 Å². The number of rotatable bonds is 1. The first-order valence-corrected chi connectivity index (χ1v) is 20.5. The van der Waals surface area contributed by atoms with Crippen LogP contribution in [0, 0.1) is 27.0 Å². The summed E-state index contributed by atoms with van der Waals surface area (Å²) in [6.07, 6.45) is 6.13. The zero-order valence-corrected chi connectivity index (χ0v) is 28.6. The minimum Gasteiger partial charge on any atom is -0.394 e. The fourth-order valence-corrected chi connectivity index (χ4v) is 4.68. The molecule has 8 aromatic rings. The predicted octanol–water partition coefficient (Wildman–Crippen LogP) is 9.67. The Morgan fingerprint density at radius 2 is 1.23 bits per heavy atom. The fraction of sp³-hybridized carbons (Fsp3) is 0.0857. The molecule has 0 aliphatic heterocycles. The van der Waals surface area contributed by atoms with Gasteiger partial charge < -0.3 is 13.8 Å². The first kappa shape index (κ1) is 30.2. The third-order valence-corrected chi connectivity index (χ3v) is 6.66. The van der Waals surface area contributed by atoms with E-state index in [0.717, 1.165) is 66.6 Å². The summed E-state index contributed by atoms with van der Waals surface area (Å²) in [7, 11) is 0. The summed E-state index contributed by atoms with van der Waals surface area (Å²) in [5, 5.41) is 4.37.